The molecule has 0 spiro atoms. The van der Waals surface area contributed by atoms with Crippen molar-refractivity contribution in [1.29, 1.82) is 5.26 Å². The van der Waals surface area contributed by atoms with Crippen molar-refractivity contribution in [3.8, 4) is 6.07 Å². The summed E-state index contributed by atoms with van der Waals surface area (Å²) in [6.45, 7) is 7.72. The molecule has 1 N–H and O–H groups in total. The van der Waals surface area contributed by atoms with Crippen LogP contribution in [0.4, 0.5) is 0 Å². The van der Waals surface area contributed by atoms with Crippen molar-refractivity contribution in [1.82, 2.24) is 5.32 Å². The smallest absolute Gasteiger partial charge is 0.158 e. The summed E-state index contributed by atoms with van der Waals surface area (Å²) in [6, 6.07) is 4.42. The van der Waals surface area contributed by atoms with Gasteiger partial charge >= 0.3 is 0 Å². The first-order chi connectivity index (χ1) is 11.0. The lowest BCUT2D eigenvalue weighted by molar-refractivity contribution is -0.113. The van der Waals surface area contributed by atoms with Crippen LogP contribution in [0.3, 0.4) is 0 Å². The average Bonchev–Trinajstić information content (AvgIpc) is 2.92. The van der Waals surface area contributed by atoms with Gasteiger partial charge < -0.3 is 5.32 Å². The first-order valence-electron chi connectivity index (χ1n) is 7.81. The van der Waals surface area contributed by atoms with E-state index in [9.17, 15) is 10.1 Å². The molecule has 1 aliphatic rings. The highest BCUT2D eigenvalue weighted by molar-refractivity contribution is 8.03. The highest BCUT2D eigenvalue weighted by Gasteiger charge is 2.34. The minimum absolute atomic E-state index is 0.0261. The molecule has 1 aliphatic heterocycles. The number of rotatable bonds is 6. The fourth-order valence-corrected chi connectivity index (χ4v) is 4.98. The predicted octanol–water partition coefficient (Wildman–Crippen LogP) is 4.87. The second-order valence-corrected chi connectivity index (χ2v) is 7.73. The quantitative estimate of drug-likeness (QED) is 0.746. The zero-order valence-electron chi connectivity index (χ0n) is 14.0. The topological polar surface area (TPSA) is 52.9 Å². The van der Waals surface area contributed by atoms with Gasteiger partial charge in [-0.2, -0.15) is 5.26 Å². The Morgan fingerprint density at radius 2 is 2.22 bits per heavy atom. The maximum atomic E-state index is 12.2. The zero-order chi connectivity index (χ0) is 17.0. The summed E-state index contributed by atoms with van der Waals surface area (Å²) in [4.78, 5) is 13.3. The lowest BCUT2D eigenvalue weighted by Gasteiger charge is -2.29. The lowest BCUT2D eigenvalue weighted by atomic mass is 9.84. The van der Waals surface area contributed by atoms with Crippen LogP contribution in [0.25, 0.3) is 0 Å². The second kappa shape index (κ2) is 7.85. The third-order valence-electron chi connectivity index (χ3n) is 3.93. The molecule has 1 atom stereocenters. The van der Waals surface area contributed by atoms with Gasteiger partial charge in [-0.05, 0) is 50.0 Å². The molecule has 0 aromatic carbocycles. The molecule has 0 bridgehead atoms. The summed E-state index contributed by atoms with van der Waals surface area (Å²) in [5.41, 5.74) is 3.40. The Morgan fingerprint density at radius 1 is 1.48 bits per heavy atom. The summed E-state index contributed by atoms with van der Waals surface area (Å²) >= 11 is 3.30. The van der Waals surface area contributed by atoms with Crippen LogP contribution >= 0.6 is 23.1 Å². The van der Waals surface area contributed by atoms with Crippen LogP contribution in [-0.4, -0.2) is 11.5 Å². The van der Waals surface area contributed by atoms with E-state index >= 15 is 0 Å². The Bertz CT molecular complexity index is 707. The molecule has 0 radical (unpaired) electrons. The van der Waals surface area contributed by atoms with E-state index in [4.69, 9.17) is 0 Å². The summed E-state index contributed by atoms with van der Waals surface area (Å²) in [6.07, 6.45) is 2.24. The van der Waals surface area contributed by atoms with E-state index in [0.717, 1.165) is 39.8 Å². The highest BCUT2D eigenvalue weighted by Crippen LogP contribution is 2.43. The van der Waals surface area contributed by atoms with E-state index < -0.39 is 0 Å². The van der Waals surface area contributed by atoms with Crippen LogP contribution in [0.2, 0.25) is 0 Å². The van der Waals surface area contributed by atoms with Gasteiger partial charge in [0.2, 0.25) is 0 Å². The van der Waals surface area contributed by atoms with Crippen LogP contribution in [0.5, 0.6) is 0 Å². The third kappa shape index (κ3) is 3.70. The molecular weight excluding hydrogens is 324 g/mol. The Labute approximate surface area is 146 Å². The Morgan fingerprint density at radius 3 is 2.74 bits per heavy atom. The molecule has 2 rings (SSSR count). The molecule has 3 nitrogen and oxygen atoms in total. The normalized spacial score (nSPS) is 18.0. The number of aryl methyl sites for hydroxylation is 1. The van der Waals surface area contributed by atoms with Gasteiger partial charge in [0.05, 0.1) is 22.6 Å². The van der Waals surface area contributed by atoms with Crippen molar-refractivity contribution in [2.75, 3.05) is 5.75 Å². The number of allylic oxidation sites excluding steroid dienone is 3. The molecule has 0 saturated heterocycles. The lowest BCUT2D eigenvalue weighted by Crippen LogP contribution is -2.27. The number of hydrogen-bond acceptors (Lipinski definition) is 5. The number of dihydropyridines is 1. The molecule has 0 aliphatic carbocycles. The summed E-state index contributed by atoms with van der Waals surface area (Å²) in [7, 11) is 0. The van der Waals surface area contributed by atoms with Crippen LogP contribution < -0.4 is 5.32 Å². The number of thiophene rings is 1. The van der Waals surface area contributed by atoms with Crippen molar-refractivity contribution >= 4 is 28.9 Å². The number of carbonyl (C=O) groups is 1. The number of thioether (sulfide) groups is 1. The molecule has 122 valence electrons. The Kier molecular flexibility index (Phi) is 6.09. The molecule has 0 amide bonds. The van der Waals surface area contributed by atoms with Crippen LogP contribution in [0.1, 0.15) is 50.0 Å². The van der Waals surface area contributed by atoms with Gasteiger partial charge in [-0.25, -0.2) is 0 Å². The summed E-state index contributed by atoms with van der Waals surface area (Å²) in [5, 5.41) is 16.0. The van der Waals surface area contributed by atoms with Crippen LogP contribution in [-0.2, 0) is 4.79 Å². The van der Waals surface area contributed by atoms with Crippen LogP contribution in [0.15, 0.2) is 33.3 Å². The molecule has 0 fully saturated rings. The van der Waals surface area contributed by atoms with E-state index in [2.05, 4.69) is 18.3 Å². The van der Waals surface area contributed by atoms with E-state index in [1.54, 1.807) is 30.0 Å². The maximum absolute atomic E-state index is 12.2. The second-order valence-electron chi connectivity index (χ2n) is 5.68. The van der Waals surface area contributed by atoms with Gasteiger partial charge in [-0.15, -0.1) is 23.1 Å². The fourth-order valence-electron chi connectivity index (χ4n) is 2.75. The monoisotopic (exact) mass is 346 g/mol. The Balaban J connectivity index is 2.52. The van der Waals surface area contributed by atoms with Gasteiger partial charge in [-0.1, -0.05) is 13.3 Å². The molecule has 23 heavy (non-hydrogen) atoms. The number of unbranched alkanes of at least 4 members (excludes halogenated alkanes) is 1. The van der Waals surface area contributed by atoms with E-state index in [1.807, 2.05) is 25.3 Å². The van der Waals surface area contributed by atoms with E-state index in [0.29, 0.717) is 11.1 Å². The molecular formula is C18H22N2OS2. The number of carbonyl (C=O) groups excluding carboxylic acids is 1. The number of nitrogens with one attached hydrogen (secondary N) is 1. The van der Waals surface area contributed by atoms with E-state index in [-0.39, 0.29) is 11.7 Å². The molecule has 1 aromatic rings. The standard InChI is InChI=1S/C18H22N2OS2/c1-5-6-8-23-18-14(10-19)16(17-11(2)7-9-22-17)15(13(4)21)12(3)20-18/h7,9,16,20H,5-6,8H2,1-4H3. The number of nitrogens with zero attached hydrogens (tertiary/aromatic N) is 1. The van der Waals surface area contributed by atoms with Crippen molar-refractivity contribution in [3.05, 3.63) is 43.8 Å². The predicted molar refractivity (Wildman–Crippen MR) is 98.3 cm³/mol. The van der Waals surface area contributed by atoms with Gasteiger partial charge in [-0.3, -0.25) is 4.79 Å². The van der Waals surface area contributed by atoms with Crippen molar-refractivity contribution in [2.45, 2.75) is 46.5 Å². The SMILES string of the molecule is CCCCSC1=C(C#N)C(c2sccc2C)C(C(C)=O)=C(C)N1. The molecule has 1 unspecified atom stereocenters. The van der Waals surface area contributed by atoms with Crippen LogP contribution in [0, 0.1) is 18.3 Å². The van der Waals surface area contributed by atoms with Crippen molar-refractivity contribution < 1.29 is 4.79 Å². The first-order valence-corrected chi connectivity index (χ1v) is 9.67. The number of hydrogen-bond donors (Lipinski definition) is 1. The highest BCUT2D eigenvalue weighted by atomic mass is 32.2. The van der Waals surface area contributed by atoms with E-state index in [1.165, 1.54) is 0 Å². The number of nitriles is 1. The molecule has 0 saturated carbocycles. The summed E-state index contributed by atoms with van der Waals surface area (Å²) < 4.78 is 0. The fraction of sp³-hybridized carbons (Fsp3) is 0.444. The molecule has 5 heteroatoms. The average molecular weight is 347 g/mol. The van der Waals surface area contributed by atoms with Crippen molar-refractivity contribution in [2.24, 2.45) is 0 Å². The van der Waals surface area contributed by atoms with Gasteiger partial charge in [0.1, 0.15) is 0 Å². The largest absolute Gasteiger partial charge is 0.353 e. The number of ketones is 1. The molecule has 2 heterocycles. The molecule has 1 aromatic heterocycles. The van der Waals surface area contributed by atoms with Gasteiger partial charge in [0.15, 0.2) is 5.78 Å². The minimum Gasteiger partial charge on any atom is -0.353 e. The third-order valence-corrected chi connectivity index (χ3v) is 6.12. The number of Topliss-reactive ketones (excluding diaryl/α,β-unsaturated/α-hetero) is 1. The first kappa shape index (κ1) is 17.8. The maximum Gasteiger partial charge on any atom is 0.158 e. The Hall–Kier alpha value is -1.51. The van der Waals surface area contributed by atoms with Gasteiger partial charge in [0.25, 0.3) is 0 Å². The zero-order valence-corrected chi connectivity index (χ0v) is 15.7. The van der Waals surface area contributed by atoms with Crippen molar-refractivity contribution in [3.63, 3.8) is 0 Å². The van der Waals surface area contributed by atoms with Gasteiger partial charge in [0, 0.05) is 16.1 Å². The minimum atomic E-state index is -0.233. The summed E-state index contributed by atoms with van der Waals surface area (Å²) in [5.74, 6) is 0.768.